The lowest BCUT2D eigenvalue weighted by atomic mass is 10.2. The molecule has 22 heavy (non-hydrogen) atoms. The molecule has 5 nitrogen and oxygen atoms in total. The summed E-state index contributed by atoms with van der Waals surface area (Å²) >= 11 is 0. The number of hydrogen-bond donors (Lipinski definition) is 1. The van der Waals surface area contributed by atoms with Crippen LogP contribution in [0.15, 0.2) is 24.3 Å². The van der Waals surface area contributed by atoms with Crippen LogP contribution in [0.3, 0.4) is 0 Å². The summed E-state index contributed by atoms with van der Waals surface area (Å²) in [5.74, 6) is 0.918. The van der Waals surface area contributed by atoms with Crippen LogP contribution in [0, 0.1) is 0 Å². The zero-order chi connectivity index (χ0) is 15.9. The summed E-state index contributed by atoms with van der Waals surface area (Å²) in [4.78, 5) is 16.2. The quantitative estimate of drug-likeness (QED) is 0.910. The molecular formula is C17H27N3O2. The fourth-order valence-corrected chi connectivity index (χ4v) is 2.57. The summed E-state index contributed by atoms with van der Waals surface area (Å²) in [6.45, 7) is 10.0. The van der Waals surface area contributed by atoms with E-state index in [2.05, 4.69) is 23.2 Å². The molecule has 1 aromatic rings. The van der Waals surface area contributed by atoms with Crippen molar-refractivity contribution in [2.75, 3.05) is 37.6 Å². The maximum atomic E-state index is 12.0. The van der Waals surface area contributed by atoms with Crippen molar-refractivity contribution in [1.82, 2.24) is 10.2 Å². The Morgan fingerprint density at radius 2 is 1.91 bits per heavy atom. The number of piperazine rings is 1. The number of benzene rings is 1. The van der Waals surface area contributed by atoms with E-state index in [1.54, 1.807) is 0 Å². The van der Waals surface area contributed by atoms with Crippen molar-refractivity contribution in [2.24, 2.45) is 0 Å². The van der Waals surface area contributed by atoms with Gasteiger partial charge < -0.3 is 19.9 Å². The number of amides is 2. The first-order chi connectivity index (χ1) is 10.6. The summed E-state index contributed by atoms with van der Waals surface area (Å²) < 4.78 is 5.89. The van der Waals surface area contributed by atoms with Crippen LogP contribution >= 0.6 is 0 Å². The highest BCUT2D eigenvalue weighted by Gasteiger charge is 2.22. The molecule has 1 aliphatic heterocycles. The largest absolute Gasteiger partial charge is 0.489 e. The van der Waals surface area contributed by atoms with Crippen LogP contribution in [0.1, 0.15) is 27.2 Å². The minimum Gasteiger partial charge on any atom is -0.489 e. The van der Waals surface area contributed by atoms with Crippen LogP contribution in [-0.2, 0) is 0 Å². The minimum atomic E-state index is 0.0493. The number of nitrogens with one attached hydrogen (secondary N) is 1. The highest BCUT2D eigenvalue weighted by Crippen LogP contribution is 2.29. The molecule has 0 unspecified atom stereocenters. The van der Waals surface area contributed by atoms with E-state index in [1.807, 2.05) is 36.9 Å². The molecule has 122 valence electrons. The maximum absolute atomic E-state index is 12.0. The summed E-state index contributed by atoms with van der Waals surface area (Å²) in [6, 6.07) is 8.17. The average molecular weight is 305 g/mol. The van der Waals surface area contributed by atoms with Crippen LogP contribution in [0.4, 0.5) is 10.5 Å². The smallest absolute Gasteiger partial charge is 0.317 e. The highest BCUT2D eigenvalue weighted by atomic mass is 16.5. The van der Waals surface area contributed by atoms with Gasteiger partial charge in [-0.3, -0.25) is 0 Å². The number of anilines is 1. The summed E-state index contributed by atoms with van der Waals surface area (Å²) in [5.41, 5.74) is 1.12. The highest BCUT2D eigenvalue weighted by molar-refractivity contribution is 5.74. The summed E-state index contributed by atoms with van der Waals surface area (Å²) in [7, 11) is 0. The molecule has 0 spiro atoms. The molecule has 1 heterocycles. The second-order valence-corrected chi connectivity index (χ2v) is 5.84. The molecule has 0 atom stereocenters. The molecule has 0 aliphatic carbocycles. The van der Waals surface area contributed by atoms with Crippen molar-refractivity contribution < 1.29 is 9.53 Å². The predicted octanol–water partition coefficient (Wildman–Crippen LogP) is 2.72. The number of carbonyl (C=O) groups excluding carboxylic acids is 1. The van der Waals surface area contributed by atoms with Gasteiger partial charge in [0.25, 0.3) is 0 Å². The molecular weight excluding hydrogens is 278 g/mol. The molecule has 1 aliphatic rings. The molecule has 0 radical (unpaired) electrons. The van der Waals surface area contributed by atoms with E-state index in [0.29, 0.717) is 0 Å². The third-order valence-corrected chi connectivity index (χ3v) is 3.66. The van der Waals surface area contributed by atoms with Gasteiger partial charge >= 0.3 is 6.03 Å². The Labute approximate surface area is 133 Å². The van der Waals surface area contributed by atoms with Crippen LogP contribution < -0.4 is 15.0 Å². The first kappa shape index (κ1) is 16.5. The van der Waals surface area contributed by atoms with Gasteiger partial charge in [0.1, 0.15) is 5.75 Å². The minimum absolute atomic E-state index is 0.0493. The van der Waals surface area contributed by atoms with Crippen molar-refractivity contribution in [3.8, 4) is 5.75 Å². The summed E-state index contributed by atoms with van der Waals surface area (Å²) in [6.07, 6.45) is 1.12. The second-order valence-electron chi connectivity index (χ2n) is 5.84. The van der Waals surface area contributed by atoms with Gasteiger partial charge in [-0.2, -0.15) is 0 Å². The molecule has 0 bridgehead atoms. The van der Waals surface area contributed by atoms with Gasteiger partial charge in [0.2, 0.25) is 0 Å². The monoisotopic (exact) mass is 305 g/mol. The fraction of sp³-hybridized carbons (Fsp3) is 0.588. The zero-order valence-electron chi connectivity index (χ0n) is 13.8. The first-order valence-electron chi connectivity index (χ1n) is 8.15. The van der Waals surface area contributed by atoms with Crippen LogP contribution in [-0.4, -0.2) is 49.8 Å². The Kier molecular flexibility index (Phi) is 5.92. The van der Waals surface area contributed by atoms with E-state index < -0.39 is 0 Å². The van der Waals surface area contributed by atoms with Crippen molar-refractivity contribution in [3.63, 3.8) is 0 Å². The second kappa shape index (κ2) is 7.92. The topological polar surface area (TPSA) is 44.8 Å². The number of ether oxygens (including phenoxy) is 1. The molecule has 5 heteroatoms. The van der Waals surface area contributed by atoms with Gasteiger partial charge in [0, 0.05) is 32.7 Å². The molecule has 0 aromatic heterocycles. The van der Waals surface area contributed by atoms with E-state index in [9.17, 15) is 4.79 Å². The number of rotatable bonds is 5. The fourth-order valence-electron chi connectivity index (χ4n) is 2.57. The maximum Gasteiger partial charge on any atom is 0.317 e. The molecule has 0 saturated carbocycles. The van der Waals surface area contributed by atoms with Crippen molar-refractivity contribution in [2.45, 2.75) is 33.3 Å². The lowest BCUT2D eigenvalue weighted by Crippen LogP contribution is -2.52. The Balaban J connectivity index is 1.95. The van der Waals surface area contributed by atoms with Gasteiger partial charge in [-0.05, 0) is 32.4 Å². The van der Waals surface area contributed by atoms with Gasteiger partial charge in [0.15, 0.2) is 0 Å². The lowest BCUT2D eigenvalue weighted by Gasteiger charge is -2.36. The van der Waals surface area contributed by atoms with Crippen LogP contribution in [0.25, 0.3) is 0 Å². The third-order valence-electron chi connectivity index (χ3n) is 3.66. The van der Waals surface area contributed by atoms with Crippen molar-refractivity contribution >= 4 is 11.7 Å². The number of para-hydroxylation sites is 2. The molecule has 1 fully saturated rings. The van der Waals surface area contributed by atoms with E-state index in [0.717, 1.165) is 50.6 Å². The standard InChI is InChI=1S/C17H27N3O2/c1-4-9-18-17(21)20-12-10-19(11-13-20)15-7-5-6-8-16(15)22-14(2)3/h5-8,14H,4,9-13H2,1-3H3,(H,18,21). The number of carbonyl (C=O) groups is 1. The van der Waals surface area contributed by atoms with Crippen LogP contribution in [0.2, 0.25) is 0 Å². The first-order valence-corrected chi connectivity index (χ1v) is 8.15. The Hall–Kier alpha value is -1.91. The third kappa shape index (κ3) is 4.29. The van der Waals surface area contributed by atoms with E-state index in [4.69, 9.17) is 4.74 Å². The van der Waals surface area contributed by atoms with E-state index in [-0.39, 0.29) is 12.1 Å². The summed E-state index contributed by atoms with van der Waals surface area (Å²) in [5, 5.41) is 2.94. The number of hydrogen-bond acceptors (Lipinski definition) is 3. The van der Waals surface area contributed by atoms with Crippen molar-refractivity contribution in [1.29, 1.82) is 0 Å². The number of nitrogens with zero attached hydrogens (tertiary/aromatic N) is 2. The molecule has 2 rings (SSSR count). The van der Waals surface area contributed by atoms with Gasteiger partial charge in [-0.1, -0.05) is 19.1 Å². The predicted molar refractivity (Wildman–Crippen MR) is 89.7 cm³/mol. The zero-order valence-corrected chi connectivity index (χ0v) is 13.8. The number of urea groups is 1. The van der Waals surface area contributed by atoms with Crippen LogP contribution in [0.5, 0.6) is 5.75 Å². The molecule has 2 amide bonds. The normalized spacial score (nSPS) is 15.1. The van der Waals surface area contributed by atoms with Gasteiger partial charge in [0.05, 0.1) is 11.8 Å². The Morgan fingerprint density at radius 3 is 2.55 bits per heavy atom. The lowest BCUT2D eigenvalue weighted by molar-refractivity contribution is 0.194. The van der Waals surface area contributed by atoms with E-state index >= 15 is 0 Å². The average Bonchev–Trinajstić information content (AvgIpc) is 2.53. The SMILES string of the molecule is CCCNC(=O)N1CCN(c2ccccc2OC(C)C)CC1. The Bertz CT molecular complexity index is 483. The molecule has 1 saturated heterocycles. The van der Waals surface area contributed by atoms with Crippen molar-refractivity contribution in [3.05, 3.63) is 24.3 Å². The van der Waals surface area contributed by atoms with Gasteiger partial charge in [-0.15, -0.1) is 0 Å². The van der Waals surface area contributed by atoms with Gasteiger partial charge in [-0.25, -0.2) is 4.79 Å². The molecule has 1 aromatic carbocycles. The Morgan fingerprint density at radius 1 is 1.23 bits per heavy atom. The molecule has 1 N–H and O–H groups in total. The van der Waals surface area contributed by atoms with E-state index in [1.165, 1.54) is 0 Å².